The lowest BCUT2D eigenvalue weighted by Crippen LogP contribution is -2.35. The molecule has 22 heavy (non-hydrogen) atoms. The van der Waals surface area contributed by atoms with Crippen molar-refractivity contribution in [3.63, 3.8) is 0 Å². The van der Waals surface area contributed by atoms with Crippen molar-refractivity contribution in [2.75, 3.05) is 11.9 Å². The lowest BCUT2D eigenvalue weighted by molar-refractivity contribution is -0.117. The Hall–Kier alpha value is -1.96. The number of halogens is 1. The van der Waals surface area contributed by atoms with Crippen molar-refractivity contribution < 1.29 is 9.90 Å². The van der Waals surface area contributed by atoms with Crippen molar-refractivity contribution >= 4 is 24.0 Å². The van der Waals surface area contributed by atoms with Gasteiger partial charge in [-0.3, -0.25) is 4.79 Å². The molecule has 3 N–H and O–H groups in total. The molecule has 1 aromatic heterocycles. The van der Waals surface area contributed by atoms with Crippen LogP contribution in [0.1, 0.15) is 6.42 Å². The lowest BCUT2D eigenvalue weighted by Gasteiger charge is -2.11. The highest BCUT2D eigenvalue weighted by molar-refractivity contribution is 5.95. The van der Waals surface area contributed by atoms with Crippen LogP contribution in [-0.2, 0) is 11.8 Å². The number of rotatable bonds is 3. The number of carbonyl (C=O) groups is 1. The minimum Gasteiger partial charge on any atom is -0.392 e. The normalized spacial score (nSPS) is 20.5. The number of hydrogen-bond acceptors (Lipinski definition) is 5. The second-order valence-corrected chi connectivity index (χ2v) is 5.19. The third-order valence-corrected chi connectivity index (χ3v) is 3.52. The summed E-state index contributed by atoms with van der Waals surface area (Å²) in [7, 11) is 1.87. The van der Waals surface area contributed by atoms with E-state index in [0.717, 1.165) is 11.4 Å². The largest absolute Gasteiger partial charge is 0.392 e. The van der Waals surface area contributed by atoms with Gasteiger partial charge in [-0.05, 0) is 18.6 Å². The Morgan fingerprint density at radius 1 is 1.50 bits per heavy atom. The van der Waals surface area contributed by atoms with E-state index in [2.05, 4.69) is 20.8 Å². The van der Waals surface area contributed by atoms with E-state index in [4.69, 9.17) is 0 Å². The number of hydrogen-bond donors (Lipinski definition) is 3. The number of carbonyl (C=O) groups excluding carboxylic acids is 1. The number of β-amino-alcohol motifs (C(OH)–C–C–N with tert-alkyl or cyclic N) is 1. The average molecular weight is 324 g/mol. The van der Waals surface area contributed by atoms with E-state index in [1.165, 1.54) is 0 Å². The number of aromatic nitrogens is 3. The summed E-state index contributed by atoms with van der Waals surface area (Å²) in [6.45, 7) is 0.455. The molecular weight excluding hydrogens is 306 g/mol. The zero-order valence-electron chi connectivity index (χ0n) is 12.1. The molecule has 1 aliphatic heterocycles. The van der Waals surface area contributed by atoms with Crippen LogP contribution >= 0.6 is 12.4 Å². The van der Waals surface area contributed by atoms with Crippen LogP contribution in [0.5, 0.6) is 0 Å². The third kappa shape index (κ3) is 3.44. The van der Waals surface area contributed by atoms with Crippen molar-refractivity contribution in [3.05, 3.63) is 30.6 Å². The van der Waals surface area contributed by atoms with E-state index >= 15 is 0 Å². The zero-order chi connectivity index (χ0) is 14.8. The number of nitrogens with zero attached hydrogens (tertiary/aromatic N) is 3. The minimum atomic E-state index is -0.453. The molecular formula is C14H18ClN5O2. The number of nitrogens with one attached hydrogen (secondary N) is 2. The van der Waals surface area contributed by atoms with Crippen LogP contribution in [0.4, 0.5) is 5.69 Å². The molecule has 0 spiro atoms. The quantitative estimate of drug-likeness (QED) is 0.768. The number of benzene rings is 1. The van der Waals surface area contributed by atoms with Gasteiger partial charge in [0.15, 0.2) is 5.82 Å². The van der Waals surface area contributed by atoms with E-state index in [0.29, 0.717) is 18.7 Å². The van der Waals surface area contributed by atoms with Crippen molar-refractivity contribution in [2.45, 2.75) is 18.6 Å². The molecule has 8 heteroatoms. The number of aliphatic hydroxyl groups is 1. The molecule has 0 radical (unpaired) electrons. The summed E-state index contributed by atoms with van der Waals surface area (Å²) in [5, 5.41) is 23.2. The molecule has 1 fully saturated rings. The van der Waals surface area contributed by atoms with Gasteiger partial charge in [0, 0.05) is 24.8 Å². The van der Waals surface area contributed by atoms with Gasteiger partial charge in [0.1, 0.15) is 6.33 Å². The molecule has 0 aliphatic carbocycles. The summed E-state index contributed by atoms with van der Waals surface area (Å²) in [5.74, 6) is 0.599. The Bertz CT molecular complexity index is 660. The van der Waals surface area contributed by atoms with Crippen LogP contribution in [0, 0.1) is 0 Å². The number of aliphatic hydroxyl groups excluding tert-OH is 1. The average Bonchev–Trinajstić information content (AvgIpc) is 3.08. The Labute approximate surface area is 134 Å². The van der Waals surface area contributed by atoms with Gasteiger partial charge in [0.05, 0.1) is 12.1 Å². The Morgan fingerprint density at radius 2 is 2.32 bits per heavy atom. The van der Waals surface area contributed by atoms with Crippen LogP contribution in [0.3, 0.4) is 0 Å². The monoisotopic (exact) mass is 323 g/mol. The van der Waals surface area contributed by atoms with Crippen molar-refractivity contribution in [3.8, 4) is 11.4 Å². The van der Waals surface area contributed by atoms with Crippen molar-refractivity contribution in [1.82, 2.24) is 20.1 Å². The molecule has 118 valence electrons. The number of anilines is 1. The predicted molar refractivity (Wildman–Crippen MR) is 84.7 cm³/mol. The second kappa shape index (κ2) is 6.87. The maximum absolute atomic E-state index is 12.1. The highest BCUT2D eigenvalue weighted by Gasteiger charge is 2.27. The fourth-order valence-electron chi connectivity index (χ4n) is 2.43. The van der Waals surface area contributed by atoms with E-state index < -0.39 is 6.10 Å². The number of aryl methyl sites for hydroxylation is 1. The molecule has 2 atom stereocenters. The Kier molecular flexibility index (Phi) is 5.12. The molecule has 7 nitrogen and oxygen atoms in total. The summed E-state index contributed by atoms with van der Waals surface area (Å²) < 4.78 is 1.82. The highest BCUT2D eigenvalue weighted by Crippen LogP contribution is 2.20. The fourth-order valence-corrected chi connectivity index (χ4v) is 2.43. The highest BCUT2D eigenvalue weighted by atomic mass is 35.5. The Morgan fingerprint density at radius 3 is 2.95 bits per heavy atom. The molecule has 0 saturated carbocycles. The van der Waals surface area contributed by atoms with Gasteiger partial charge in [-0.15, -0.1) is 22.6 Å². The molecule has 0 bridgehead atoms. The Balaban J connectivity index is 0.00000176. The van der Waals surface area contributed by atoms with Gasteiger partial charge in [0.25, 0.3) is 0 Å². The van der Waals surface area contributed by atoms with E-state index in [1.54, 1.807) is 6.33 Å². The third-order valence-electron chi connectivity index (χ3n) is 3.52. The zero-order valence-corrected chi connectivity index (χ0v) is 12.9. The molecule has 1 aliphatic rings. The van der Waals surface area contributed by atoms with E-state index in [1.807, 2.05) is 35.9 Å². The SMILES string of the molecule is Cl.Cn1cnnc1-c1cccc(NC(=O)C2CC(O)CN2)c1. The number of amides is 1. The van der Waals surface area contributed by atoms with Crippen LogP contribution < -0.4 is 10.6 Å². The summed E-state index contributed by atoms with van der Waals surface area (Å²) in [4.78, 5) is 12.1. The van der Waals surface area contributed by atoms with E-state index in [9.17, 15) is 9.90 Å². The molecule has 2 aromatic rings. The van der Waals surface area contributed by atoms with Crippen LogP contribution in [-0.4, -0.2) is 44.5 Å². The van der Waals surface area contributed by atoms with Crippen molar-refractivity contribution in [1.29, 1.82) is 0 Å². The van der Waals surface area contributed by atoms with Gasteiger partial charge in [-0.25, -0.2) is 0 Å². The van der Waals surface area contributed by atoms with Gasteiger partial charge in [-0.1, -0.05) is 12.1 Å². The first-order chi connectivity index (χ1) is 10.1. The molecule has 1 saturated heterocycles. The standard InChI is InChI=1S/C14H17N5O2.ClH/c1-19-8-16-18-13(19)9-3-2-4-10(5-9)17-14(21)12-6-11(20)7-15-12;/h2-5,8,11-12,15,20H,6-7H2,1H3,(H,17,21);1H. The molecule has 1 amide bonds. The summed E-state index contributed by atoms with van der Waals surface area (Å²) in [6, 6.07) is 7.10. The van der Waals surface area contributed by atoms with Gasteiger partial charge in [-0.2, -0.15) is 0 Å². The van der Waals surface area contributed by atoms with Crippen LogP contribution in [0.25, 0.3) is 11.4 Å². The summed E-state index contributed by atoms with van der Waals surface area (Å²) in [5.41, 5.74) is 1.58. The first-order valence-electron chi connectivity index (χ1n) is 6.80. The molecule has 2 heterocycles. The molecule has 3 rings (SSSR count). The molecule has 2 unspecified atom stereocenters. The fraction of sp³-hybridized carbons (Fsp3) is 0.357. The van der Waals surface area contributed by atoms with Crippen molar-refractivity contribution in [2.24, 2.45) is 7.05 Å². The van der Waals surface area contributed by atoms with Gasteiger partial charge in [0.2, 0.25) is 5.91 Å². The lowest BCUT2D eigenvalue weighted by atomic mass is 10.1. The van der Waals surface area contributed by atoms with Crippen LogP contribution in [0.2, 0.25) is 0 Å². The van der Waals surface area contributed by atoms with Crippen LogP contribution in [0.15, 0.2) is 30.6 Å². The maximum Gasteiger partial charge on any atom is 0.241 e. The maximum atomic E-state index is 12.1. The predicted octanol–water partition coefficient (Wildman–Crippen LogP) is 0.565. The van der Waals surface area contributed by atoms with Gasteiger partial charge < -0.3 is 20.3 Å². The first-order valence-corrected chi connectivity index (χ1v) is 6.80. The first kappa shape index (κ1) is 16.4. The minimum absolute atomic E-state index is 0. The topological polar surface area (TPSA) is 92.1 Å². The second-order valence-electron chi connectivity index (χ2n) is 5.19. The van der Waals surface area contributed by atoms with E-state index in [-0.39, 0.29) is 24.4 Å². The summed E-state index contributed by atoms with van der Waals surface area (Å²) in [6.07, 6.45) is 1.62. The molecule has 1 aromatic carbocycles. The van der Waals surface area contributed by atoms with Gasteiger partial charge >= 0.3 is 0 Å². The summed E-state index contributed by atoms with van der Waals surface area (Å²) >= 11 is 0. The smallest absolute Gasteiger partial charge is 0.241 e.